The average molecular weight is 447 g/mol. The van der Waals surface area contributed by atoms with Crippen LogP contribution in [-0.4, -0.2) is 27.8 Å². The summed E-state index contributed by atoms with van der Waals surface area (Å²) in [5, 5.41) is 11.9. The lowest BCUT2D eigenvalue weighted by Crippen LogP contribution is -2.19. The highest BCUT2D eigenvalue weighted by Crippen LogP contribution is 2.21. The number of ether oxygens (including phenoxy) is 1. The number of H-pyrrole nitrogens is 1. The van der Waals surface area contributed by atoms with Crippen molar-refractivity contribution in [1.82, 2.24) is 14.8 Å². The Bertz CT molecular complexity index is 1310. The number of aromatic amines is 1. The molecule has 0 aliphatic rings. The molecule has 0 fully saturated rings. The van der Waals surface area contributed by atoms with Gasteiger partial charge in [-0.15, -0.1) is 11.3 Å². The van der Waals surface area contributed by atoms with E-state index in [1.165, 1.54) is 0 Å². The van der Waals surface area contributed by atoms with Crippen LogP contribution in [0.4, 0.5) is 5.69 Å². The number of aromatic nitrogens is 3. The first-order chi connectivity index (χ1) is 15.1. The summed E-state index contributed by atoms with van der Waals surface area (Å²) in [5.41, 5.74) is 2.32. The first-order valence-electron chi connectivity index (χ1n) is 9.37. The van der Waals surface area contributed by atoms with Gasteiger partial charge in [-0.1, -0.05) is 24.0 Å². The molecule has 0 bridgehead atoms. The highest BCUT2D eigenvalue weighted by molar-refractivity contribution is 7.71. The molecule has 8 heteroatoms. The molecule has 0 aliphatic carbocycles. The van der Waals surface area contributed by atoms with Crippen molar-refractivity contribution in [3.63, 3.8) is 0 Å². The Kier molecular flexibility index (Phi) is 6.26. The molecule has 2 aromatic heterocycles. The minimum atomic E-state index is -0.212. The van der Waals surface area contributed by atoms with E-state index in [4.69, 9.17) is 17.0 Å². The van der Waals surface area contributed by atoms with E-state index in [-0.39, 0.29) is 12.5 Å². The van der Waals surface area contributed by atoms with Gasteiger partial charge in [0, 0.05) is 16.8 Å². The Morgan fingerprint density at radius 1 is 1.19 bits per heavy atom. The van der Waals surface area contributed by atoms with E-state index in [2.05, 4.69) is 27.4 Å². The second-order valence-electron chi connectivity index (χ2n) is 6.52. The van der Waals surface area contributed by atoms with Crippen molar-refractivity contribution in [3.8, 4) is 29.0 Å². The number of hydrogen-bond acceptors (Lipinski definition) is 5. The van der Waals surface area contributed by atoms with Gasteiger partial charge in [0.1, 0.15) is 12.3 Å². The molecule has 1 amide bonds. The number of benzene rings is 2. The maximum absolute atomic E-state index is 12.7. The summed E-state index contributed by atoms with van der Waals surface area (Å²) in [7, 11) is 1.61. The summed E-state index contributed by atoms with van der Waals surface area (Å²) in [5.74, 6) is 7.34. The molecular weight excluding hydrogens is 428 g/mol. The molecule has 0 unspecified atom stereocenters. The zero-order valence-electron chi connectivity index (χ0n) is 16.6. The molecule has 0 radical (unpaired) electrons. The van der Waals surface area contributed by atoms with Crippen LogP contribution in [0.2, 0.25) is 0 Å². The molecule has 4 rings (SSSR count). The SMILES string of the molecule is COc1ccc(-c2n[nH]c(=S)n2CC(=O)Nc2cccc(C#Cc3cccs3)c2)cc1. The van der Waals surface area contributed by atoms with Gasteiger partial charge >= 0.3 is 0 Å². The minimum Gasteiger partial charge on any atom is -0.497 e. The number of methoxy groups -OCH3 is 1. The van der Waals surface area contributed by atoms with Gasteiger partial charge in [-0.3, -0.25) is 14.5 Å². The molecule has 4 aromatic rings. The lowest BCUT2D eigenvalue weighted by Gasteiger charge is -2.09. The molecule has 2 N–H and O–H groups in total. The van der Waals surface area contributed by atoms with Crippen LogP contribution in [0, 0.1) is 16.6 Å². The molecule has 0 saturated carbocycles. The van der Waals surface area contributed by atoms with Gasteiger partial charge in [-0.2, -0.15) is 5.10 Å². The Labute approximate surface area is 188 Å². The third-order valence-corrected chi connectivity index (χ3v) is 5.50. The molecule has 0 saturated heterocycles. The molecule has 2 aromatic carbocycles. The molecule has 31 heavy (non-hydrogen) atoms. The van der Waals surface area contributed by atoms with Crippen LogP contribution in [0.3, 0.4) is 0 Å². The van der Waals surface area contributed by atoms with E-state index >= 15 is 0 Å². The summed E-state index contributed by atoms with van der Waals surface area (Å²) in [4.78, 5) is 13.7. The normalized spacial score (nSPS) is 10.2. The molecule has 0 atom stereocenters. The molecular formula is C23H18N4O2S2. The van der Waals surface area contributed by atoms with Gasteiger partial charge in [0.15, 0.2) is 10.6 Å². The van der Waals surface area contributed by atoms with Crippen LogP contribution >= 0.6 is 23.6 Å². The maximum Gasteiger partial charge on any atom is 0.244 e. The van der Waals surface area contributed by atoms with Gasteiger partial charge < -0.3 is 10.1 Å². The monoisotopic (exact) mass is 446 g/mol. The summed E-state index contributed by atoms with van der Waals surface area (Å²) in [6.07, 6.45) is 0. The Hall–Kier alpha value is -3.67. The van der Waals surface area contributed by atoms with Gasteiger partial charge in [0.2, 0.25) is 5.91 Å². The van der Waals surface area contributed by atoms with Crippen molar-refractivity contribution in [1.29, 1.82) is 0 Å². The Morgan fingerprint density at radius 3 is 2.77 bits per heavy atom. The summed E-state index contributed by atoms with van der Waals surface area (Å²) < 4.78 is 7.22. The molecule has 6 nitrogen and oxygen atoms in total. The van der Waals surface area contributed by atoms with Crippen molar-refractivity contribution in [3.05, 3.63) is 81.3 Å². The largest absolute Gasteiger partial charge is 0.497 e. The van der Waals surface area contributed by atoms with Gasteiger partial charge in [0.05, 0.1) is 12.0 Å². The number of anilines is 1. The fourth-order valence-electron chi connectivity index (χ4n) is 2.93. The lowest BCUT2D eigenvalue weighted by atomic mass is 10.2. The number of nitrogens with zero attached hydrogens (tertiary/aromatic N) is 2. The summed E-state index contributed by atoms with van der Waals surface area (Å²) >= 11 is 6.91. The Morgan fingerprint density at radius 2 is 2.03 bits per heavy atom. The van der Waals surface area contributed by atoms with E-state index in [1.807, 2.05) is 66.0 Å². The zero-order chi connectivity index (χ0) is 21.6. The third kappa shape index (κ3) is 5.09. The highest BCUT2D eigenvalue weighted by atomic mass is 32.1. The van der Waals surface area contributed by atoms with E-state index in [0.29, 0.717) is 16.3 Å². The van der Waals surface area contributed by atoms with Gasteiger partial charge in [0.25, 0.3) is 0 Å². The third-order valence-electron chi connectivity index (χ3n) is 4.41. The number of rotatable bonds is 5. The van der Waals surface area contributed by atoms with Crippen LogP contribution < -0.4 is 10.1 Å². The van der Waals surface area contributed by atoms with Crippen molar-refractivity contribution < 1.29 is 9.53 Å². The van der Waals surface area contributed by atoms with E-state index < -0.39 is 0 Å². The molecule has 2 heterocycles. The highest BCUT2D eigenvalue weighted by Gasteiger charge is 2.13. The Balaban J connectivity index is 1.49. The van der Waals surface area contributed by atoms with Crippen molar-refractivity contribution in [2.45, 2.75) is 6.54 Å². The van der Waals surface area contributed by atoms with Crippen molar-refractivity contribution >= 4 is 35.1 Å². The van der Waals surface area contributed by atoms with E-state index in [1.54, 1.807) is 23.0 Å². The fraction of sp³-hybridized carbons (Fsp3) is 0.0870. The van der Waals surface area contributed by atoms with Gasteiger partial charge in [-0.05, 0) is 66.1 Å². The predicted molar refractivity (Wildman–Crippen MR) is 125 cm³/mol. The maximum atomic E-state index is 12.7. The number of carbonyl (C=O) groups excluding carboxylic acids is 1. The second kappa shape index (κ2) is 9.43. The van der Waals surface area contributed by atoms with Crippen LogP contribution in [0.5, 0.6) is 5.75 Å². The van der Waals surface area contributed by atoms with Gasteiger partial charge in [-0.25, -0.2) is 0 Å². The van der Waals surface area contributed by atoms with Crippen LogP contribution in [-0.2, 0) is 11.3 Å². The molecule has 0 spiro atoms. The summed E-state index contributed by atoms with van der Waals surface area (Å²) in [6, 6.07) is 18.8. The standard InChI is InChI=1S/C23H18N4O2S2/c1-29-19-10-8-17(9-11-19)22-25-26-23(30)27(22)15-21(28)24-18-5-2-4-16(14-18)7-12-20-6-3-13-31-20/h2-6,8-11,13-14H,15H2,1H3,(H,24,28)(H,26,30). The first-order valence-corrected chi connectivity index (χ1v) is 10.7. The van der Waals surface area contributed by atoms with E-state index in [0.717, 1.165) is 21.8 Å². The van der Waals surface area contributed by atoms with Crippen LogP contribution in [0.15, 0.2) is 66.0 Å². The number of carbonyl (C=O) groups is 1. The summed E-state index contributed by atoms with van der Waals surface area (Å²) in [6.45, 7) is 0.0296. The molecule has 154 valence electrons. The number of thiophene rings is 1. The fourth-order valence-corrected chi connectivity index (χ4v) is 3.69. The second-order valence-corrected chi connectivity index (χ2v) is 7.86. The minimum absolute atomic E-state index is 0.0296. The van der Waals surface area contributed by atoms with Crippen molar-refractivity contribution in [2.24, 2.45) is 0 Å². The smallest absolute Gasteiger partial charge is 0.244 e. The number of amides is 1. The van der Waals surface area contributed by atoms with Crippen LogP contribution in [0.25, 0.3) is 11.4 Å². The number of hydrogen-bond donors (Lipinski definition) is 2. The zero-order valence-corrected chi connectivity index (χ0v) is 18.2. The average Bonchev–Trinajstić information content (AvgIpc) is 3.43. The van der Waals surface area contributed by atoms with E-state index in [9.17, 15) is 4.79 Å². The first kappa shape index (κ1) is 20.6. The van der Waals surface area contributed by atoms with Crippen molar-refractivity contribution in [2.75, 3.05) is 12.4 Å². The predicted octanol–water partition coefficient (Wildman–Crippen LogP) is 4.72. The molecule has 0 aliphatic heterocycles. The lowest BCUT2D eigenvalue weighted by molar-refractivity contribution is -0.116. The number of nitrogens with one attached hydrogen (secondary N) is 2. The topological polar surface area (TPSA) is 71.9 Å². The van der Waals surface area contributed by atoms with Crippen LogP contribution in [0.1, 0.15) is 10.4 Å². The quantitative estimate of drug-likeness (QED) is 0.344.